The average Bonchev–Trinajstić information content (AvgIpc) is 2.86. The second kappa shape index (κ2) is 8.25. The van der Waals surface area contributed by atoms with Crippen LogP contribution in [0.4, 0.5) is 17.1 Å². The summed E-state index contributed by atoms with van der Waals surface area (Å²) in [5.41, 5.74) is 9.72. The van der Waals surface area contributed by atoms with E-state index in [1.807, 2.05) is 6.20 Å². The van der Waals surface area contributed by atoms with E-state index in [0.717, 1.165) is 10.9 Å². The van der Waals surface area contributed by atoms with E-state index in [4.69, 9.17) is 4.98 Å². The molecular formula is C33H28N2. The number of benzene rings is 5. The molecule has 0 saturated carbocycles. The van der Waals surface area contributed by atoms with Crippen LogP contribution in [0.5, 0.6) is 0 Å². The van der Waals surface area contributed by atoms with E-state index < -0.39 is 0 Å². The van der Waals surface area contributed by atoms with Crippen molar-refractivity contribution in [2.24, 2.45) is 0 Å². The number of nitrogens with zero attached hydrogens (tertiary/aromatic N) is 2. The molecule has 2 nitrogen and oxygen atoms in total. The monoisotopic (exact) mass is 452 g/mol. The molecule has 0 aliphatic heterocycles. The lowest BCUT2D eigenvalue weighted by molar-refractivity contribution is 1.19. The fourth-order valence-corrected chi connectivity index (χ4v) is 5.57. The summed E-state index contributed by atoms with van der Waals surface area (Å²) in [5, 5.41) is 6.10. The lowest BCUT2D eigenvalue weighted by Crippen LogP contribution is -2.16. The Bertz CT molecular complexity index is 1650. The maximum Gasteiger partial charge on any atom is 0.0708 e. The molecule has 6 aromatic rings. The van der Waals surface area contributed by atoms with Crippen molar-refractivity contribution in [1.29, 1.82) is 0 Å². The predicted molar refractivity (Wildman–Crippen MR) is 150 cm³/mol. The van der Waals surface area contributed by atoms with Crippen LogP contribution in [0.15, 0.2) is 97.2 Å². The number of aromatic nitrogens is 1. The Hall–Kier alpha value is -4.17. The summed E-state index contributed by atoms with van der Waals surface area (Å²) >= 11 is 0. The Kier molecular flexibility index (Phi) is 5.04. The van der Waals surface area contributed by atoms with E-state index in [0.29, 0.717) is 0 Å². The Morgan fingerprint density at radius 2 is 1.06 bits per heavy atom. The quantitative estimate of drug-likeness (QED) is 0.249. The molecule has 35 heavy (non-hydrogen) atoms. The number of anilines is 3. The molecule has 0 N–H and O–H groups in total. The summed E-state index contributed by atoms with van der Waals surface area (Å²) in [4.78, 5) is 7.29. The topological polar surface area (TPSA) is 16.1 Å². The van der Waals surface area contributed by atoms with Gasteiger partial charge in [-0.1, -0.05) is 78.9 Å². The number of aryl methyl sites for hydroxylation is 4. The molecule has 5 aromatic carbocycles. The zero-order valence-corrected chi connectivity index (χ0v) is 20.6. The van der Waals surface area contributed by atoms with Gasteiger partial charge >= 0.3 is 0 Å². The van der Waals surface area contributed by atoms with Crippen molar-refractivity contribution in [3.63, 3.8) is 0 Å². The average molecular weight is 453 g/mol. The number of rotatable bonds is 3. The van der Waals surface area contributed by atoms with Crippen LogP contribution in [0.1, 0.15) is 22.3 Å². The van der Waals surface area contributed by atoms with Crippen molar-refractivity contribution >= 4 is 49.5 Å². The van der Waals surface area contributed by atoms with Crippen LogP contribution in [-0.4, -0.2) is 4.98 Å². The van der Waals surface area contributed by atoms with E-state index in [-0.39, 0.29) is 0 Å². The molecular weight excluding hydrogens is 424 g/mol. The van der Waals surface area contributed by atoms with Crippen LogP contribution in [0.2, 0.25) is 0 Å². The molecule has 2 heteroatoms. The minimum Gasteiger partial charge on any atom is -0.309 e. The maximum absolute atomic E-state index is 4.81. The summed E-state index contributed by atoms with van der Waals surface area (Å²) in [5.74, 6) is 0. The summed E-state index contributed by atoms with van der Waals surface area (Å²) < 4.78 is 0. The first-order valence-electron chi connectivity index (χ1n) is 12.2. The highest BCUT2D eigenvalue weighted by Gasteiger charge is 2.23. The Balaban J connectivity index is 1.80. The van der Waals surface area contributed by atoms with Crippen LogP contribution >= 0.6 is 0 Å². The molecule has 0 unspecified atom stereocenters. The highest BCUT2D eigenvalue weighted by Crippen LogP contribution is 2.46. The zero-order valence-electron chi connectivity index (χ0n) is 20.6. The van der Waals surface area contributed by atoms with Gasteiger partial charge in [-0.25, -0.2) is 0 Å². The highest BCUT2D eigenvalue weighted by molar-refractivity contribution is 6.23. The molecule has 1 aromatic heterocycles. The first kappa shape index (κ1) is 21.4. The van der Waals surface area contributed by atoms with Gasteiger partial charge in [-0.05, 0) is 67.5 Å². The van der Waals surface area contributed by atoms with Gasteiger partial charge in [0.25, 0.3) is 0 Å². The molecule has 1 heterocycles. The van der Waals surface area contributed by atoms with Crippen molar-refractivity contribution in [3.05, 3.63) is 119 Å². The molecule has 0 aliphatic rings. The number of hydrogen-bond donors (Lipinski definition) is 0. The minimum atomic E-state index is 1.03. The molecule has 170 valence electrons. The Labute approximate surface area is 206 Å². The lowest BCUT2D eigenvalue weighted by Gasteiger charge is -2.32. The Morgan fingerprint density at radius 1 is 0.543 bits per heavy atom. The van der Waals surface area contributed by atoms with Gasteiger partial charge in [0, 0.05) is 27.7 Å². The van der Waals surface area contributed by atoms with Crippen LogP contribution in [0, 0.1) is 27.7 Å². The molecule has 0 atom stereocenters. The van der Waals surface area contributed by atoms with Gasteiger partial charge in [0.15, 0.2) is 0 Å². The van der Waals surface area contributed by atoms with Crippen LogP contribution in [0.25, 0.3) is 32.4 Å². The summed E-state index contributed by atoms with van der Waals surface area (Å²) in [7, 11) is 0. The van der Waals surface area contributed by atoms with E-state index in [2.05, 4.69) is 124 Å². The molecule has 0 fully saturated rings. The summed E-state index contributed by atoms with van der Waals surface area (Å²) in [6.45, 7) is 8.84. The zero-order chi connectivity index (χ0) is 24.1. The van der Waals surface area contributed by atoms with Crippen molar-refractivity contribution < 1.29 is 0 Å². The van der Waals surface area contributed by atoms with Gasteiger partial charge in [-0.3, -0.25) is 4.98 Å². The van der Waals surface area contributed by atoms with E-state index in [9.17, 15) is 0 Å². The third-order valence-corrected chi connectivity index (χ3v) is 7.14. The molecule has 0 bridgehead atoms. The van der Waals surface area contributed by atoms with Crippen molar-refractivity contribution in [2.75, 3.05) is 4.90 Å². The van der Waals surface area contributed by atoms with Crippen molar-refractivity contribution in [2.45, 2.75) is 27.7 Å². The number of pyridine rings is 1. The molecule has 0 amide bonds. The third kappa shape index (κ3) is 3.37. The fraction of sp³-hybridized carbons (Fsp3) is 0.121. The normalized spacial score (nSPS) is 11.4. The number of hydrogen-bond acceptors (Lipinski definition) is 2. The second-order valence-corrected chi connectivity index (χ2v) is 9.50. The van der Waals surface area contributed by atoms with E-state index in [1.54, 1.807) is 0 Å². The highest BCUT2D eigenvalue weighted by atomic mass is 15.2. The van der Waals surface area contributed by atoms with Gasteiger partial charge in [0.1, 0.15) is 0 Å². The number of fused-ring (bicyclic) bond motifs is 5. The predicted octanol–water partition coefficient (Wildman–Crippen LogP) is 9.24. The van der Waals surface area contributed by atoms with Crippen LogP contribution in [0.3, 0.4) is 0 Å². The number of para-hydroxylation sites is 3. The smallest absolute Gasteiger partial charge is 0.0708 e. The first-order valence-corrected chi connectivity index (χ1v) is 12.2. The van der Waals surface area contributed by atoms with Gasteiger partial charge < -0.3 is 4.90 Å². The molecule has 0 radical (unpaired) electrons. The largest absolute Gasteiger partial charge is 0.309 e. The minimum absolute atomic E-state index is 1.03. The van der Waals surface area contributed by atoms with Crippen molar-refractivity contribution in [3.8, 4) is 0 Å². The summed E-state index contributed by atoms with van der Waals surface area (Å²) in [6.07, 6.45) is 2.03. The molecule has 6 rings (SSSR count). The third-order valence-electron chi connectivity index (χ3n) is 7.14. The van der Waals surface area contributed by atoms with Gasteiger partial charge in [-0.2, -0.15) is 0 Å². The second-order valence-electron chi connectivity index (χ2n) is 9.50. The van der Waals surface area contributed by atoms with Gasteiger partial charge in [-0.15, -0.1) is 0 Å². The standard InChI is InChI=1S/C33H28N2/c1-21-11-9-12-22(2)32(21)35(33-23(3)13-10-14-24(33)4)30-19-25-20-34-29-18-8-7-17-28(29)31(25)27-16-6-5-15-26(27)30/h5-20H,1-4H3. The van der Waals surface area contributed by atoms with Gasteiger partial charge in [0.05, 0.1) is 22.6 Å². The van der Waals surface area contributed by atoms with Crippen molar-refractivity contribution in [1.82, 2.24) is 4.98 Å². The van der Waals surface area contributed by atoms with Crippen LogP contribution < -0.4 is 4.90 Å². The molecule has 0 spiro atoms. The Morgan fingerprint density at radius 3 is 1.66 bits per heavy atom. The molecule has 0 saturated heterocycles. The SMILES string of the molecule is Cc1cccc(C)c1N(c1c(C)cccc1C)c1cc2cnc3ccccc3c2c2ccccc12. The lowest BCUT2D eigenvalue weighted by atomic mass is 9.95. The molecule has 0 aliphatic carbocycles. The van der Waals surface area contributed by atoms with Gasteiger partial charge in [0.2, 0.25) is 0 Å². The van der Waals surface area contributed by atoms with E-state index >= 15 is 0 Å². The summed E-state index contributed by atoms with van der Waals surface area (Å²) in [6, 6.07) is 32.7. The first-order chi connectivity index (χ1) is 17.0. The van der Waals surface area contributed by atoms with E-state index in [1.165, 1.54) is 60.9 Å². The fourth-order valence-electron chi connectivity index (χ4n) is 5.57. The maximum atomic E-state index is 4.81. The van der Waals surface area contributed by atoms with Crippen LogP contribution in [-0.2, 0) is 0 Å².